The van der Waals surface area contributed by atoms with Gasteiger partial charge >= 0.3 is 0 Å². The fraction of sp³-hybridized carbons (Fsp3) is 0.207. The molecule has 0 radical (unpaired) electrons. The van der Waals surface area contributed by atoms with Gasteiger partial charge in [0.15, 0.2) is 11.6 Å². The number of phenolic OH excluding ortho intramolecular Hbond substituents is 1. The fourth-order valence-corrected chi connectivity index (χ4v) is 3.77. The molecule has 9 heteroatoms. The van der Waals surface area contributed by atoms with E-state index in [1.165, 1.54) is 12.3 Å². The van der Waals surface area contributed by atoms with Gasteiger partial charge in [0.25, 0.3) is 11.8 Å². The lowest BCUT2D eigenvalue weighted by Gasteiger charge is -2.18. The maximum atomic E-state index is 13.2. The molecule has 4 rings (SSSR count). The normalized spacial score (nSPS) is 11.1. The zero-order valence-electron chi connectivity index (χ0n) is 21.5. The molecule has 38 heavy (non-hydrogen) atoms. The molecule has 6 N–H and O–H groups in total. The summed E-state index contributed by atoms with van der Waals surface area (Å²) in [4.78, 5) is 29.1. The lowest BCUT2D eigenvalue weighted by molar-refractivity contribution is 0.0997. The summed E-state index contributed by atoms with van der Waals surface area (Å²) in [6.07, 6.45) is 2.42. The Morgan fingerprint density at radius 2 is 1.71 bits per heavy atom. The van der Waals surface area contributed by atoms with E-state index in [0.29, 0.717) is 23.4 Å². The molecular weight excluding hydrogens is 482 g/mol. The second-order valence-electron chi connectivity index (χ2n) is 10.0. The van der Waals surface area contributed by atoms with Crippen molar-refractivity contribution in [2.24, 2.45) is 11.1 Å². The Balaban J connectivity index is 1.55. The highest BCUT2D eigenvalue weighted by Gasteiger charge is 2.19. The number of hydrogen-bond acceptors (Lipinski definition) is 7. The molecule has 0 unspecified atom stereocenters. The molecule has 0 aliphatic heterocycles. The summed E-state index contributed by atoms with van der Waals surface area (Å²) in [5, 5.41) is 15.3. The van der Waals surface area contributed by atoms with Crippen LogP contribution in [-0.2, 0) is 0 Å². The Morgan fingerprint density at radius 1 is 0.974 bits per heavy atom. The first-order valence-electron chi connectivity index (χ1n) is 12.2. The van der Waals surface area contributed by atoms with Gasteiger partial charge in [0.2, 0.25) is 0 Å². The van der Waals surface area contributed by atoms with Crippen molar-refractivity contribution in [2.75, 3.05) is 22.8 Å². The first kappa shape index (κ1) is 26.3. The zero-order chi connectivity index (χ0) is 27.3. The van der Waals surface area contributed by atoms with Gasteiger partial charge in [-0.25, -0.2) is 4.98 Å². The van der Waals surface area contributed by atoms with E-state index in [0.717, 1.165) is 11.8 Å². The van der Waals surface area contributed by atoms with E-state index in [4.69, 9.17) is 10.5 Å². The van der Waals surface area contributed by atoms with Gasteiger partial charge in [-0.05, 0) is 59.7 Å². The number of rotatable bonds is 9. The lowest BCUT2D eigenvalue weighted by Crippen LogP contribution is -2.19. The molecule has 3 aromatic carbocycles. The summed E-state index contributed by atoms with van der Waals surface area (Å²) in [5.41, 5.74) is 12.4. The molecule has 9 nitrogen and oxygen atoms in total. The van der Waals surface area contributed by atoms with Crippen LogP contribution in [0.15, 0.2) is 72.9 Å². The van der Waals surface area contributed by atoms with Crippen molar-refractivity contribution in [3.63, 3.8) is 0 Å². The number of aromatic hydroxyl groups is 1. The first-order chi connectivity index (χ1) is 18.1. The highest BCUT2D eigenvalue weighted by Crippen LogP contribution is 2.36. The highest BCUT2D eigenvalue weighted by atomic mass is 16.5. The number of carbonyl (C=O) groups is 2. The van der Waals surface area contributed by atoms with E-state index in [9.17, 15) is 14.7 Å². The zero-order valence-corrected chi connectivity index (χ0v) is 21.5. The minimum absolute atomic E-state index is 0.0645. The van der Waals surface area contributed by atoms with Gasteiger partial charge in [0.1, 0.15) is 11.4 Å². The second-order valence-corrected chi connectivity index (χ2v) is 10.0. The van der Waals surface area contributed by atoms with E-state index in [1.807, 2.05) is 18.2 Å². The molecule has 196 valence electrons. The first-order valence-corrected chi connectivity index (χ1v) is 12.2. The summed E-state index contributed by atoms with van der Waals surface area (Å²) < 4.78 is 5.79. The summed E-state index contributed by atoms with van der Waals surface area (Å²) in [7, 11) is 0. The standard InChI is InChI=1S/C29H31N5O4/c1-29(2,3)14-16-38-20-12-10-19(11-13-20)32-28(37)23-17-18-7-4-5-8-21(18)24(25(23)35)33-34-27-22(26(30)36)9-6-15-31-27/h4-13,15,17,33,35H,14,16H2,1-3H3,(H2,30,36)(H,31,34)(H,32,37). The number of nitrogens with two attached hydrogens (primary N) is 1. The average molecular weight is 514 g/mol. The summed E-state index contributed by atoms with van der Waals surface area (Å²) >= 11 is 0. The minimum Gasteiger partial charge on any atom is -0.505 e. The maximum absolute atomic E-state index is 13.2. The Bertz CT molecular complexity index is 1460. The maximum Gasteiger partial charge on any atom is 0.259 e. The number of aromatic nitrogens is 1. The number of nitrogens with zero attached hydrogens (tertiary/aromatic N) is 1. The van der Waals surface area contributed by atoms with Crippen molar-refractivity contribution in [3.8, 4) is 11.5 Å². The number of amides is 2. The molecule has 0 aliphatic carbocycles. The van der Waals surface area contributed by atoms with Gasteiger partial charge in [0, 0.05) is 17.3 Å². The number of benzene rings is 3. The predicted octanol–water partition coefficient (Wildman–Crippen LogP) is 5.55. The topological polar surface area (TPSA) is 139 Å². The monoisotopic (exact) mass is 513 g/mol. The van der Waals surface area contributed by atoms with Crippen LogP contribution in [0, 0.1) is 5.41 Å². The molecule has 4 aromatic rings. The number of hydrazine groups is 1. The third-order valence-corrected chi connectivity index (χ3v) is 5.88. The SMILES string of the molecule is CC(C)(C)CCOc1ccc(NC(=O)c2cc3ccccc3c(NNc3ncccc3C(N)=O)c2O)cc1. The minimum atomic E-state index is -0.657. The molecule has 0 saturated carbocycles. The molecule has 0 saturated heterocycles. The third-order valence-electron chi connectivity index (χ3n) is 5.88. The van der Waals surface area contributed by atoms with Crippen molar-refractivity contribution in [3.05, 3.63) is 84.1 Å². The number of pyridine rings is 1. The summed E-state index contributed by atoms with van der Waals surface area (Å²) in [6, 6.07) is 19.1. The highest BCUT2D eigenvalue weighted by molar-refractivity contribution is 6.12. The van der Waals surface area contributed by atoms with Crippen LogP contribution >= 0.6 is 0 Å². The van der Waals surface area contributed by atoms with E-state index in [2.05, 4.69) is 41.9 Å². The number of fused-ring (bicyclic) bond motifs is 1. The van der Waals surface area contributed by atoms with Crippen LogP contribution in [0.2, 0.25) is 0 Å². The van der Waals surface area contributed by atoms with Gasteiger partial charge in [-0.15, -0.1) is 0 Å². The van der Waals surface area contributed by atoms with Gasteiger partial charge in [-0.1, -0.05) is 45.0 Å². The second kappa shape index (κ2) is 11.1. The fourth-order valence-electron chi connectivity index (χ4n) is 3.77. The van der Waals surface area contributed by atoms with E-state index in [1.54, 1.807) is 42.5 Å². The van der Waals surface area contributed by atoms with Crippen molar-refractivity contribution < 1.29 is 19.4 Å². The Labute approximate surface area is 221 Å². The number of hydrogen-bond donors (Lipinski definition) is 5. The number of primary amides is 1. The molecule has 2 amide bonds. The van der Waals surface area contributed by atoms with E-state index < -0.39 is 11.8 Å². The van der Waals surface area contributed by atoms with Gasteiger partial charge in [0.05, 0.1) is 17.7 Å². The molecule has 0 aliphatic rings. The van der Waals surface area contributed by atoms with Crippen LogP contribution in [0.3, 0.4) is 0 Å². The largest absolute Gasteiger partial charge is 0.505 e. The average Bonchev–Trinajstić information content (AvgIpc) is 2.88. The number of phenols is 1. The van der Waals surface area contributed by atoms with Crippen LogP contribution in [0.1, 0.15) is 47.9 Å². The Hall–Kier alpha value is -4.79. The molecule has 0 fully saturated rings. The number of anilines is 3. The van der Waals surface area contributed by atoms with Gasteiger partial charge in [-0.2, -0.15) is 0 Å². The van der Waals surface area contributed by atoms with E-state index in [-0.39, 0.29) is 33.8 Å². The van der Waals surface area contributed by atoms with Gasteiger partial charge < -0.3 is 20.9 Å². The Morgan fingerprint density at radius 3 is 2.42 bits per heavy atom. The van der Waals surface area contributed by atoms with Crippen molar-refractivity contribution in [2.45, 2.75) is 27.2 Å². The van der Waals surface area contributed by atoms with Crippen LogP contribution in [-0.4, -0.2) is 28.5 Å². The smallest absolute Gasteiger partial charge is 0.259 e. The number of ether oxygens (including phenoxy) is 1. The molecule has 0 spiro atoms. The van der Waals surface area contributed by atoms with Crippen LogP contribution in [0.4, 0.5) is 17.2 Å². The molecule has 1 heterocycles. The lowest BCUT2D eigenvalue weighted by atomic mass is 9.93. The molecule has 0 bridgehead atoms. The molecule has 0 atom stereocenters. The van der Waals surface area contributed by atoms with Crippen molar-refractivity contribution in [1.82, 2.24) is 4.98 Å². The van der Waals surface area contributed by atoms with Crippen LogP contribution < -0.4 is 26.6 Å². The summed E-state index contributed by atoms with van der Waals surface area (Å²) in [6.45, 7) is 7.07. The summed E-state index contributed by atoms with van der Waals surface area (Å²) in [5.74, 6) is -0.526. The quantitative estimate of drug-likeness (QED) is 0.146. The van der Waals surface area contributed by atoms with Crippen LogP contribution in [0.25, 0.3) is 10.8 Å². The van der Waals surface area contributed by atoms with Gasteiger partial charge in [-0.3, -0.25) is 20.4 Å². The molecular formula is C29H31N5O4. The number of carbonyl (C=O) groups excluding carboxylic acids is 2. The third kappa shape index (κ3) is 6.31. The molecule has 1 aromatic heterocycles. The Kier molecular flexibility index (Phi) is 7.66. The van der Waals surface area contributed by atoms with E-state index >= 15 is 0 Å². The predicted molar refractivity (Wildman–Crippen MR) is 150 cm³/mol. The van der Waals surface area contributed by atoms with Crippen molar-refractivity contribution in [1.29, 1.82) is 0 Å². The van der Waals surface area contributed by atoms with Crippen molar-refractivity contribution >= 4 is 39.8 Å². The number of nitrogens with one attached hydrogen (secondary N) is 3. The van der Waals surface area contributed by atoms with Crippen LogP contribution in [0.5, 0.6) is 11.5 Å².